The SMILES string of the molecule is CC.CC.CC.CC.CC.CC.CC.CC.CC(C)C1=CC2=C(C1)C1=C(C=C(C(C)C)C1)C2.CC(C)C1=CC=C(C(C)C)C1.CC(C)c1ccc(C(C)C)cc1.CC(C)c1ccc2c(c1)-c1cc(C(C)C)ccc1C2.CC(C)c1ccc2c(c1)Cc1cc(C(C)C)ccc1-2. The van der Waals surface area contributed by atoms with Crippen molar-refractivity contribution in [3.8, 4) is 22.3 Å². The molecule has 0 amide bonds. The zero-order chi connectivity index (χ0) is 72.9. The molecule has 0 aromatic heterocycles. The molecule has 11 rings (SSSR count). The standard InChI is InChI=1S/2C19H22.C17H22.C12H18.C11H18.8C2H6/c1-12(2)14-5-7-16-9-17-8-6-15(13(3)4)11-19(17)18(16)10-14;1-12(2)14-5-7-18-16(9-14)11-17-10-15(13(3)4)6-8-19(17)18;1-10(2)12-5-14-7-15-6-13(11(3)4)9-17(15)16(14)8-12;1-9(2)11-5-7-12(8-6-11)10(3)4;1-8(2)10-5-6-11(7-10)9(3)4;8*1-2/h5-8,10-13H,9H2,1-4H3;5-10,12-13H,11H2,1-4H3;5-6,10-11H,7-9H2,1-4H3;5-10H,1-4H3;5-6,8-9H,7H2,1-4H3;8*1-2H3. The summed E-state index contributed by atoms with van der Waals surface area (Å²) >= 11 is 0. The lowest BCUT2D eigenvalue weighted by molar-refractivity contribution is 0.696. The summed E-state index contributed by atoms with van der Waals surface area (Å²) < 4.78 is 0. The minimum Gasteiger partial charge on any atom is -0.0683 e. The number of allylic oxidation sites excluding steroid dienone is 12. The summed E-state index contributed by atoms with van der Waals surface area (Å²) in [6, 6.07) is 37.0. The van der Waals surface area contributed by atoms with Crippen LogP contribution in [0.1, 0.15) is 366 Å². The molecule has 6 aliphatic rings. The predicted octanol–water partition coefficient (Wildman–Crippen LogP) is 31.7. The summed E-state index contributed by atoms with van der Waals surface area (Å²) in [7, 11) is 0. The van der Waals surface area contributed by atoms with Crippen molar-refractivity contribution in [2.24, 2.45) is 23.7 Å². The Morgan fingerprint density at radius 2 is 0.447 bits per heavy atom. The number of rotatable bonds is 10. The van der Waals surface area contributed by atoms with Gasteiger partial charge in [-0.05, 0) is 198 Å². The molecule has 526 valence electrons. The van der Waals surface area contributed by atoms with E-state index in [1.54, 1.807) is 44.6 Å². The van der Waals surface area contributed by atoms with Crippen molar-refractivity contribution in [1.82, 2.24) is 0 Å². The largest absolute Gasteiger partial charge is 0.0683 e. The molecular weight excluding hydrogens is 1130 g/mol. The van der Waals surface area contributed by atoms with Crippen LogP contribution in [0, 0.1) is 23.7 Å². The molecule has 94 heavy (non-hydrogen) atoms. The Kier molecular flexibility index (Phi) is 46.5. The second kappa shape index (κ2) is 48.3. The third kappa shape index (κ3) is 26.9. The second-order valence-corrected chi connectivity index (χ2v) is 26.9. The highest BCUT2D eigenvalue weighted by atomic mass is 14.4. The van der Waals surface area contributed by atoms with Gasteiger partial charge in [-0.15, -0.1) is 0 Å². The van der Waals surface area contributed by atoms with E-state index in [2.05, 4.69) is 260 Å². The summed E-state index contributed by atoms with van der Waals surface area (Å²) in [5.74, 6) is 6.58. The van der Waals surface area contributed by atoms with E-state index in [1.165, 1.54) is 104 Å². The lowest BCUT2D eigenvalue weighted by Crippen LogP contribution is -1.95. The topological polar surface area (TPSA) is 0 Å². The lowest BCUT2D eigenvalue weighted by atomic mass is 9.93. The van der Waals surface area contributed by atoms with Crippen LogP contribution in [-0.2, 0) is 12.8 Å². The Balaban J connectivity index is 0. The maximum absolute atomic E-state index is 2.47. The minimum absolute atomic E-state index is 0.600. The van der Waals surface area contributed by atoms with Crippen molar-refractivity contribution < 1.29 is 0 Å². The fourth-order valence-corrected chi connectivity index (χ4v) is 11.7. The van der Waals surface area contributed by atoms with Gasteiger partial charge >= 0.3 is 0 Å². The van der Waals surface area contributed by atoms with Gasteiger partial charge in [0.25, 0.3) is 0 Å². The van der Waals surface area contributed by atoms with Gasteiger partial charge in [0.05, 0.1) is 0 Å². The molecule has 0 nitrogen and oxygen atoms in total. The highest BCUT2D eigenvalue weighted by molar-refractivity contribution is 5.79. The molecule has 0 N–H and O–H groups in total. The predicted molar refractivity (Wildman–Crippen MR) is 435 cm³/mol. The monoisotopic (exact) mass is 1280 g/mol. The fraction of sp³-hybridized carbons (Fsp3) is 0.553. The van der Waals surface area contributed by atoms with Crippen LogP contribution >= 0.6 is 0 Å². The molecule has 0 unspecified atom stereocenters. The van der Waals surface area contributed by atoms with Crippen molar-refractivity contribution in [2.45, 2.75) is 323 Å². The zero-order valence-electron chi connectivity index (χ0n) is 68.6. The first-order chi connectivity index (χ1) is 44.9. The smallest absolute Gasteiger partial charge is 0.00132 e. The van der Waals surface area contributed by atoms with Gasteiger partial charge in [-0.3, -0.25) is 0 Å². The molecule has 0 fully saturated rings. The molecule has 0 bridgehead atoms. The van der Waals surface area contributed by atoms with Crippen LogP contribution in [0.15, 0.2) is 166 Å². The Bertz CT molecular complexity index is 2880. The molecule has 0 heteroatoms. The first-order valence-corrected chi connectivity index (χ1v) is 38.8. The van der Waals surface area contributed by atoms with Crippen LogP contribution in [0.2, 0.25) is 0 Å². The quantitative estimate of drug-likeness (QED) is 0.128. The summed E-state index contributed by atoms with van der Waals surface area (Å²) in [6.07, 6.45) is 16.6. The molecule has 0 atom stereocenters. The van der Waals surface area contributed by atoms with Crippen LogP contribution in [-0.4, -0.2) is 0 Å². The van der Waals surface area contributed by atoms with E-state index < -0.39 is 0 Å². The Hall–Kier alpha value is -5.46. The van der Waals surface area contributed by atoms with Crippen molar-refractivity contribution in [3.05, 3.63) is 222 Å². The number of fused-ring (bicyclic) bond motifs is 7. The van der Waals surface area contributed by atoms with E-state index in [9.17, 15) is 0 Å². The van der Waals surface area contributed by atoms with Crippen LogP contribution in [0.4, 0.5) is 0 Å². The van der Waals surface area contributed by atoms with E-state index in [0.29, 0.717) is 47.3 Å². The summed E-state index contributed by atoms with van der Waals surface area (Å²) in [6.45, 7) is 77.4. The molecule has 0 spiro atoms. The Morgan fingerprint density at radius 1 is 0.202 bits per heavy atom. The number of hydrogen-bond donors (Lipinski definition) is 0. The van der Waals surface area contributed by atoms with E-state index in [0.717, 1.165) is 24.7 Å². The van der Waals surface area contributed by atoms with E-state index >= 15 is 0 Å². The van der Waals surface area contributed by atoms with Gasteiger partial charge < -0.3 is 0 Å². The first kappa shape index (κ1) is 90.6. The van der Waals surface area contributed by atoms with Crippen LogP contribution in [0.3, 0.4) is 0 Å². The Morgan fingerprint density at radius 3 is 0.702 bits per heavy atom. The zero-order valence-corrected chi connectivity index (χ0v) is 68.6. The number of benzene rings is 5. The fourth-order valence-electron chi connectivity index (χ4n) is 11.7. The molecule has 0 radical (unpaired) electrons. The highest BCUT2D eigenvalue weighted by Gasteiger charge is 2.32. The highest BCUT2D eigenvalue weighted by Crippen LogP contribution is 2.50. The van der Waals surface area contributed by atoms with Crippen LogP contribution in [0.25, 0.3) is 22.3 Å². The van der Waals surface area contributed by atoms with Crippen molar-refractivity contribution in [2.75, 3.05) is 0 Å². The first-order valence-electron chi connectivity index (χ1n) is 38.8. The van der Waals surface area contributed by atoms with E-state index in [-0.39, 0.29) is 0 Å². The molecule has 0 saturated heterocycles. The van der Waals surface area contributed by atoms with Crippen molar-refractivity contribution >= 4 is 0 Å². The molecule has 0 heterocycles. The maximum atomic E-state index is 2.47. The molecular formula is C94H150. The van der Waals surface area contributed by atoms with Crippen molar-refractivity contribution in [1.29, 1.82) is 0 Å². The summed E-state index contributed by atoms with van der Waals surface area (Å²) in [4.78, 5) is 0. The average molecular weight is 1280 g/mol. The van der Waals surface area contributed by atoms with E-state index in [4.69, 9.17) is 0 Å². The van der Waals surface area contributed by atoms with Gasteiger partial charge in [0.2, 0.25) is 0 Å². The van der Waals surface area contributed by atoms with Gasteiger partial charge in [0.1, 0.15) is 0 Å². The summed E-state index contributed by atoms with van der Waals surface area (Å²) in [5, 5.41) is 0. The molecule has 5 aromatic rings. The average Bonchev–Trinajstić information content (AvgIpc) is 1.63. The van der Waals surface area contributed by atoms with Gasteiger partial charge in [0, 0.05) is 0 Å². The lowest BCUT2D eigenvalue weighted by Gasteiger charge is -2.11. The molecule has 6 aliphatic carbocycles. The summed E-state index contributed by atoms with van der Waals surface area (Å²) in [5.41, 5.74) is 33.5. The van der Waals surface area contributed by atoms with Gasteiger partial charge in [-0.25, -0.2) is 0 Å². The van der Waals surface area contributed by atoms with E-state index in [1.807, 2.05) is 111 Å². The number of hydrogen-bond acceptors (Lipinski definition) is 0. The van der Waals surface area contributed by atoms with Crippen molar-refractivity contribution in [3.63, 3.8) is 0 Å². The maximum Gasteiger partial charge on any atom is -0.00132 e. The van der Waals surface area contributed by atoms with Gasteiger partial charge in [0.15, 0.2) is 0 Å². The Labute approximate surface area is 587 Å². The molecule has 0 aliphatic heterocycles. The van der Waals surface area contributed by atoms with Crippen LogP contribution < -0.4 is 0 Å². The minimum atomic E-state index is 0.600. The normalized spacial score (nSPS) is 13.3. The van der Waals surface area contributed by atoms with Gasteiger partial charge in [-0.2, -0.15) is 0 Å². The van der Waals surface area contributed by atoms with Crippen LogP contribution in [0.5, 0.6) is 0 Å². The second-order valence-electron chi connectivity index (χ2n) is 26.9. The van der Waals surface area contributed by atoms with Gasteiger partial charge in [-0.1, -0.05) is 393 Å². The molecule has 5 aromatic carbocycles. The third-order valence-electron chi connectivity index (χ3n) is 17.7. The third-order valence-corrected chi connectivity index (χ3v) is 17.7. The molecule has 0 saturated carbocycles.